The molecule has 160 valence electrons. The number of halogens is 1. The van der Waals surface area contributed by atoms with E-state index in [0.717, 1.165) is 23.0 Å². The Labute approximate surface area is 172 Å². The summed E-state index contributed by atoms with van der Waals surface area (Å²) in [5.74, 6) is 0.548. The van der Waals surface area contributed by atoms with Crippen LogP contribution in [0.15, 0.2) is 45.7 Å². The van der Waals surface area contributed by atoms with Crippen molar-refractivity contribution in [2.75, 3.05) is 6.61 Å². The zero-order chi connectivity index (χ0) is 21.3. The van der Waals surface area contributed by atoms with E-state index in [0.29, 0.717) is 11.1 Å². The van der Waals surface area contributed by atoms with Gasteiger partial charge in [-0.05, 0) is 24.5 Å². The molecule has 0 radical (unpaired) electrons. The lowest BCUT2D eigenvalue weighted by molar-refractivity contribution is -0.0489. The molecular weight excluding hydrogens is 391 g/mol. The molecule has 1 aliphatic rings. The van der Waals surface area contributed by atoms with Gasteiger partial charge in [-0.15, -0.1) is 0 Å². The first-order valence-corrected chi connectivity index (χ1v) is 10.2. The predicted molar refractivity (Wildman–Crippen MR) is 109 cm³/mol. The van der Waals surface area contributed by atoms with Gasteiger partial charge in [0.1, 0.15) is 18.0 Å². The maximum atomic E-state index is 14.4. The summed E-state index contributed by atoms with van der Waals surface area (Å²) in [5, 5.41) is 19.5. The van der Waals surface area contributed by atoms with Crippen molar-refractivity contribution in [2.45, 2.75) is 57.2 Å². The first kappa shape index (κ1) is 20.7. The van der Waals surface area contributed by atoms with Gasteiger partial charge in [0, 0.05) is 11.8 Å². The van der Waals surface area contributed by atoms with Crippen LogP contribution in [0.4, 0.5) is 4.39 Å². The van der Waals surface area contributed by atoms with Crippen LogP contribution in [0.3, 0.4) is 0 Å². The molecule has 1 aliphatic heterocycles. The number of unbranched alkanes of at least 4 members (excludes halogenated alkanes) is 2. The second-order valence-electron chi connectivity index (χ2n) is 7.64. The predicted octanol–water partition coefficient (Wildman–Crippen LogP) is 2.98. The monoisotopic (exact) mass is 416 g/mol. The Morgan fingerprint density at radius 1 is 1.23 bits per heavy atom. The third-order valence-electron chi connectivity index (χ3n) is 5.49. The van der Waals surface area contributed by atoms with Crippen molar-refractivity contribution >= 4 is 11.1 Å². The van der Waals surface area contributed by atoms with Crippen molar-refractivity contribution in [3.8, 4) is 11.3 Å². The third kappa shape index (κ3) is 3.90. The molecule has 0 bridgehead atoms. The molecule has 1 aromatic carbocycles. The molecular formula is C22H25FN2O5. The lowest BCUT2D eigenvalue weighted by Crippen LogP contribution is -2.33. The van der Waals surface area contributed by atoms with Crippen LogP contribution in [0.2, 0.25) is 0 Å². The summed E-state index contributed by atoms with van der Waals surface area (Å²) in [6.07, 6.45) is 0.147. The summed E-state index contributed by atoms with van der Waals surface area (Å²) < 4.78 is 26.4. The minimum Gasteiger partial charge on any atom is -0.437 e. The molecule has 3 heterocycles. The Morgan fingerprint density at radius 2 is 2.00 bits per heavy atom. The van der Waals surface area contributed by atoms with Gasteiger partial charge in [-0.1, -0.05) is 44.0 Å². The maximum absolute atomic E-state index is 14.4. The highest BCUT2D eigenvalue weighted by Crippen LogP contribution is 2.32. The van der Waals surface area contributed by atoms with E-state index in [4.69, 9.17) is 9.15 Å². The van der Waals surface area contributed by atoms with E-state index >= 15 is 0 Å². The number of aliphatic hydroxyl groups excluding tert-OH is 2. The standard InChI is InChI=1S/C22H25FN2O5/c1-2-3-4-5-13-6-8-14(9-7-13)16-10-15-11-25(22(28)24-20(15)29-16)21-18(23)19(27)17(12-26)30-21/h6-11,17-19,21,26-27H,2-5,12H2,1H3/t17-,18-,19-,21-/m1/s1. The zero-order valence-electron chi connectivity index (χ0n) is 16.7. The van der Waals surface area contributed by atoms with E-state index in [2.05, 4.69) is 24.0 Å². The third-order valence-corrected chi connectivity index (χ3v) is 5.49. The van der Waals surface area contributed by atoms with Gasteiger partial charge in [-0.25, -0.2) is 9.18 Å². The Bertz CT molecular complexity index is 1060. The summed E-state index contributed by atoms with van der Waals surface area (Å²) >= 11 is 0. The van der Waals surface area contributed by atoms with Gasteiger partial charge in [-0.2, -0.15) is 4.98 Å². The number of furan rings is 1. The SMILES string of the molecule is CCCCCc1ccc(-c2cc3cn([C@@H]4O[C@H](CO)[C@@H](O)[C@H]4F)c(=O)nc3o2)cc1. The first-order chi connectivity index (χ1) is 14.5. The van der Waals surface area contributed by atoms with Crippen molar-refractivity contribution in [1.29, 1.82) is 0 Å². The molecule has 0 spiro atoms. The molecule has 1 saturated heterocycles. The second-order valence-corrected chi connectivity index (χ2v) is 7.64. The fourth-order valence-corrected chi connectivity index (χ4v) is 3.74. The van der Waals surface area contributed by atoms with E-state index in [1.54, 1.807) is 6.07 Å². The Hall–Kier alpha value is -2.55. The minimum absolute atomic E-state index is 0.144. The van der Waals surface area contributed by atoms with Crippen molar-refractivity contribution < 1.29 is 23.8 Å². The van der Waals surface area contributed by atoms with Gasteiger partial charge in [0.2, 0.25) is 5.71 Å². The van der Waals surface area contributed by atoms with Crippen molar-refractivity contribution in [2.24, 2.45) is 0 Å². The van der Waals surface area contributed by atoms with Crippen LogP contribution in [0.1, 0.15) is 38.0 Å². The molecule has 4 rings (SSSR count). The lowest BCUT2D eigenvalue weighted by Gasteiger charge is -2.15. The number of aromatic nitrogens is 2. The van der Waals surface area contributed by atoms with Crippen LogP contribution in [0.25, 0.3) is 22.4 Å². The molecule has 8 heteroatoms. The van der Waals surface area contributed by atoms with E-state index in [-0.39, 0.29) is 5.71 Å². The number of hydrogen-bond acceptors (Lipinski definition) is 6. The molecule has 3 aromatic rings. The number of alkyl halides is 1. The largest absolute Gasteiger partial charge is 0.437 e. The average molecular weight is 416 g/mol. The Balaban J connectivity index is 1.60. The van der Waals surface area contributed by atoms with E-state index in [9.17, 15) is 19.4 Å². The zero-order valence-corrected chi connectivity index (χ0v) is 16.7. The van der Waals surface area contributed by atoms with Crippen LogP contribution in [0.5, 0.6) is 0 Å². The quantitative estimate of drug-likeness (QED) is 0.575. The molecule has 4 atom stereocenters. The first-order valence-electron chi connectivity index (χ1n) is 10.2. The maximum Gasteiger partial charge on any atom is 0.353 e. The molecule has 2 N–H and O–H groups in total. The van der Waals surface area contributed by atoms with Crippen molar-refractivity contribution in [3.05, 3.63) is 52.6 Å². The Kier molecular flexibility index (Phi) is 5.99. The second kappa shape index (κ2) is 8.67. The molecule has 0 aliphatic carbocycles. The molecule has 0 amide bonds. The summed E-state index contributed by atoms with van der Waals surface area (Å²) in [5.41, 5.74) is 1.49. The number of aliphatic hydroxyl groups is 2. The van der Waals surface area contributed by atoms with Crippen LogP contribution in [-0.4, -0.2) is 44.8 Å². The summed E-state index contributed by atoms with van der Waals surface area (Å²) in [6.45, 7) is 1.63. The smallest absolute Gasteiger partial charge is 0.353 e. The number of nitrogens with zero attached hydrogens (tertiary/aromatic N) is 2. The van der Waals surface area contributed by atoms with E-state index in [1.807, 2.05) is 12.1 Å². The normalized spacial score (nSPS) is 24.0. The number of benzene rings is 1. The molecule has 30 heavy (non-hydrogen) atoms. The summed E-state index contributed by atoms with van der Waals surface area (Å²) in [6, 6.07) is 9.77. The van der Waals surface area contributed by atoms with Gasteiger partial charge in [-0.3, -0.25) is 4.57 Å². The fourth-order valence-electron chi connectivity index (χ4n) is 3.74. The highest BCUT2D eigenvalue weighted by Gasteiger charge is 2.45. The molecule has 7 nitrogen and oxygen atoms in total. The average Bonchev–Trinajstić information content (AvgIpc) is 3.29. The van der Waals surface area contributed by atoms with E-state index < -0.39 is 36.9 Å². The number of aryl methyl sites for hydroxylation is 1. The van der Waals surface area contributed by atoms with Gasteiger partial charge in [0.15, 0.2) is 12.4 Å². The Morgan fingerprint density at radius 3 is 2.67 bits per heavy atom. The topological polar surface area (TPSA) is 97.7 Å². The van der Waals surface area contributed by atoms with E-state index in [1.165, 1.54) is 24.6 Å². The number of hydrogen-bond donors (Lipinski definition) is 2. The fraction of sp³-hybridized carbons (Fsp3) is 0.455. The van der Waals surface area contributed by atoms with Gasteiger partial charge >= 0.3 is 5.69 Å². The van der Waals surface area contributed by atoms with Gasteiger partial charge in [0.25, 0.3) is 0 Å². The van der Waals surface area contributed by atoms with Crippen LogP contribution in [-0.2, 0) is 11.2 Å². The minimum atomic E-state index is -1.86. The molecule has 0 unspecified atom stereocenters. The molecule has 1 fully saturated rings. The number of ether oxygens (including phenoxy) is 1. The van der Waals surface area contributed by atoms with Crippen LogP contribution < -0.4 is 5.69 Å². The van der Waals surface area contributed by atoms with Gasteiger partial charge < -0.3 is 19.4 Å². The van der Waals surface area contributed by atoms with Gasteiger partial charge in [0.05, 0.1) is 12.0 Å². The van der Waals surface area contributed by atoms with Crippen LogP contribution in [0, 0.1) is 0 Å². The summed E-state index contributed by atoms with van der Waals surface area (Å²) in [4.78, 5) is 16.3. The number of rotatable bonds is 7. The van der Waals surface area contributed by atoms with Crippen molar-refractivity contribution in [1.82, 2.24) is 9.55 Å². The highest BCUT2D eigenvalue weighted by atomic mass is 19.1. The molecule has 2 aromatic heterocycles. The molecule has 0 saturated carbocycles. The summed E-state index contributed by atoms with van der Waals surface area (Å²) in [7, 11) is 0. The lowest BCUT2D eigenvalue weighted by atomic mass is 10.0. The number of fused-ring (bicyclic) bond motifs is 1. The van der Waals surface area contributed by atoms with Crippen molar-refractivity contribution in [3.63, 3.8) is 0 Å². The van der Waals surface area contributed by atoms with Crippen LogP contribution >= 0.6 is 0 Å². The highest BCUT2D eigenvalue weighted by molar-refractivity contribution is 5.79.